The molecule has 1 heterocycles. The fourth-order valence-electron chi connectivity index (χ4n) is 1.88. The third-order valence-electron chi connectivity index (χ3n) is 3.03. The van der Waals surface area contributed by atoms with Crippen molar-refractivity contribution in [1.82, 2.24) is 25.4 Å². The van der Waals surface area contributed by atoms with Gasteiger partial charge in [-0.2, -0.15) is 11.8 Å². The van der Waals surface area contributed by atoms with Gasteiger partial charge in [0, 0.05) is 39.7 Å². The van der Waals surface area contributed by atoms with E-state index in [0.717, 1.165) is 56.6 Å². The van der Waals surface area contributed by atoms with Crippen molar-refractivity contribution in [2.24, 2.45) is 4.99 Å². The molecule has 0 aliphatic rings. The molecule has 0 radical (unpaired) electrons. The highest BCUT2D eigenvalue weighted by Crippen LogP contribution is 1.96. The minimum Gasteiger partial charge on any atom is -0.383 e. The van der Waals surface area contributed by atoms with Gasteiger partial charge in [0.05, 0.1) is 6.61 Å². The number of nitrogens with one attached hydrogen (secondary N) is 2. The van der Waals surface area contributed by atoms with Crippen LogP contribution in [-0.4, -0.2) is 66.1 Å². The molecular formula is C14H29IN6OS. The lowest BCUT2D eigenvalue weighted by Gasteiger charge is -2.13. The van der Waals surface area contributed by atoms with Crippen LogP contribution in [0.15, 0.2) is 11.3 Å². The zero-order chi connectivity index (χ0) is 16.0. The zero-order valence-electron chi connectivity index (χ0n) is 14.2. The van der Waals surface area contributed by atoms with E-state index in [-0.39, 0.29) is 24.0 Å². The number of nitrogens with zero attached hydrogens (tertiary/aromatic N) is 4. The van der Waals surface area contributed by atoms with Gasteiger partial charge in [0.15, 0.2) is 5.96 Å². The van der Waals surface area contributed by atoms with E-state index in [4.69, 9.17) is 4.74 Å². The molecule has 0 aliphatic carbocycles. The van der Waals surface area contributed by atoms with Crippen LogP contribution < -0.4 is 10.6 Å². The SMILES string of the molecule is CCc1nncn1CCNC(=NCCCSC)NCCOC.I. The normalized spacial score (nSPS) is 11.2. The van der Waals surface area contributed by atoms with Gasteiger partial charge in [-0.15, -0.1) is 34.2 Å². The van der Waals surface area contributed by atoms with Gasteiger partial charge >= 0.3 is 0 Å². The van der Waals surface area contributed by atoms with E-state index in [1.807, 2.05) is 11.8 Å². The average molecular weight is 456 g/mol. The van der Waals surface area contributed by atoms with Crippen molar-refractivity contribution in [2.75, 3.05) is 45.4 Å². The Labute approximate surface area is 160 Å². The molecule has 134 valence electrons. The van der Waals surface area contributed by atoms with Crippen molar-refractivity contribution < 1.29 is 4.74 Å². The minimum absolute atomic E-state index is 0. The van der Waals surface area contributed by atoms with Crippen LogP contribution in [0.5, 0.6) is 0 Å². The van der Waals surface area contributed by atoms with Gasteiger partial charge in [0.2, 0.25) is 0 Å². The predicted octanol–water partition coefficient (Wildman–Crippen LogP) is 1.39. The van der Waals surface area contributed by atoms with Gasteiger partial charge in [-0.25, -0.2) is 0 Å². The second kappa shape index (κ2) is 15.0. The lowest BCUT2D eigenvalue weighted by molar-refractivity contribution is 0.203. The Hall–Kier alpha value is -0.550. The van der Waals surface area contributed by atoms with E-state index >= 15 is 0 Å². The Balaban J connectivity index is 0.00000484. The van der Waals surface area contributed by atoms with Crippen LogP contribution in [0, 0.1) is 0 Å². The second-order valence-corrected chi connectivity index (χ2v) is 5.70. The lowest BCUT2D eigenvalue weighted by atomic mass is 10.4. The quantitative estimate of drug-likeness (QED) is 0.227. The summed E-state index contributed by atoms with van der Waals surface area (Å²) in [5.74, 6) is 2.98. The van der Waals surface area contributed by atoms with E-state index in [1.165, 1.54) is 0 Å². The van der Waals surface area contributed by atoms with Crippen LogP contribution in [0.4, 0.5) is 0 Å². The molecule has 0 saturated heterocycles. The number of thioether (sulfide) groups is 1. The smallest absolute Gasteiger partial charge is 0.191 e. The van der Waals surface area contributed by atoms with Crippen molar-refractivity contribution in [1.29, 1.82) is 0 Å². The highest BCUT2D eigenvalue weighted by Gasteiger charge is 2.02. The number of methoxy groups -OCH3 is 1. The largest absolute Gasteiger partial charge is 0.383 e. The predicted molar refractivity (Wildman–Crippen MR) is 108 cm³/mol. The number of aliphatic imine (C=N–C) groups is 1. The van der Waals surface area contributed by atoms with Crippen molar-refractivity contribution in [3.05, 3.63) is 12.2 Å². The van der Waals surface area contributed by atoms with Crippen LogP contribution in [-0.2, 0) is 17.7 Å². The van der Waals surface area contributed by atoms with Crippen molar-refractivity contribution >= 4 is 41.7 Å². The Morgan fingerprint density at radius 1 is 1.39 bits per heavy atom. The third kappa shape index (κ3) is 10.0. The maximum absolute atomic E-state index is 5.06. The van der Waals surface area contributed by atoms with Crippen LogP contribution in [0.2, 0.25) is 0 Å². The van der Waals surface area contributed by atoms with E-state index < -0.39 is 0 Å². The fourth-order valence-corrected chi connectivity index (χ4v) is 2.30. The standard InChI is InChI=1S/C14H28N6OS.HI/c1-4-13-19-18-12-20(13)9-7-16-14(17-8-10-21-2)15-6-5-11-22-3;/h12H,4-11H2,1-3H3,(H2,15,16,17);1H. The summed E-state index contributed by atoms with van der Waals surface area (Å²) in [7, 11) is 1.70. The number of rotatable bonds is 11. The molecule has 0 aromatic carbocycles. The van der Waals surface area contributed by atoms with Crippen molar-refractivity contribution in [3.8, 4) is 0 Å². The summed E-state index contributed by atoms with van der Waals surface area (Å²) in [5.41, 5.74) is 0. The maximum Gasteiger partial charge on any atom is 0.191 e. The average Bonchev–Trinajstić information content (AvgIpc) is 2.98. The number of hydrogen-bond donors (Lipinski definition) is 2. The van der Waals surface area contributed by atoms with Crippen molar-refractivity contribution in [3.63, 3.8) is 0 Å². The van der Waals surface area contributed by atoms with Gasteiger partial charge in [0.25, 0.3) is 0 Å². The summed E-state index contributed by atoms with van der Waals surface area (Å²) in [6, 6.07) is 0. The minimum atomic E-state index is 0. The monoisotopic (exact) mass is 456 g/mol. The highest BCUT2D eigenvalue weighted by atomic mass is 127. The molecule has 23 heavy (non-hydrogen) atoms. The molecule has 1 aromatic rings. The molecule has 0 unspecified atom stereocenters. The molecule has 0 atom stereocenters. The van der Waals surface area contributed by atoms with Crippen molar-refractivity contribution in [2.45, 2.75) is 26.3 Å². The Kier molecular flexibility index (Phi) is 14.6. The van der Waals surface area contributed by atoms with Crippen LogP contribution >= 0.6 is 35.7 Å². The Morgan fingerprint density at radius 3 is 2.87 bits per heavy atom. The molecule has 0 saturated carbocycles. The van der Waals surface area contributed by atoms with Gasteiger partial charge in [-0.1, -0.05) is 6.92 Å². The van der Waals surface area contributed by atoms with E-state index in [1.54, 1.807) is 13.4 Å². The molecule has 0 aliphatic heterocycles. The van der Waals surface area contributed by atoms with E-state index in [9.17, 15) is 0 Å². The lowest BCUT2D eigenvalue weighted by Crippen LogP contribution is -2.40. The van der Waals surface area contributed by atoms with Gasteiger partial charge in [-0.05, 0) is 18.4 Å². The topological polar surface area (TPSA) is 76.4 Å². The van der Waals surface area contributed by atoms with Gasteiger partial charge < -0.3 is 19.9 Å². The van der Waals surface area contributed by atoms with Crippen LogP contribution in [0.1, 0.15) is 19.2 Å². The Morgan fingerprint density at radius 2 is 2.17 bits per heavy atom. The number of halogens is 1. The fraction of sp³-hybridized carbons (Fsp3) is 0.786. The maximum atomic E-state index is 5.06. The van der Waals surface area contributed by atoms with E-state index in [2.05, 4.69) is 43.6 Å². The van der Waals surface area contributed by atoms with Crippen LogP contribution in [0.25, 0.3) is 0 Å². The summed E-state index contributed by atoms with van der Waals surface area (Å²) in [6.07, 6.45) is 5.86. The summed E-state index contributed by atoms with van der Waals surface area (Å²) >= 11 is 1.85. The van der Waals surface area contributed by atoms with Gasteiger partial charge in [0.1, 0.15) is 12.2 Å². The van der Waals surface area contributed by atoms with E-state index in [0.29, 0.717) is 6.61 Å². The first-order valence-corrected chi connectivity index (χ1v) is 9.08. The van der Waals surface area contributed by atoms with Gasteiger partial charge in [-0.3, -0.25) is 4.99 Å². The number of hydrogen-bond acceptors (Lipinski definition) is 5. The molecule has 2 N–H and O–H groups in total. The molecule has 0 fully saturated rings. The number of aromatic nitrogens is 3. The number of guanidine groups is 1. The Bertz CT molecular complexity index is 429. The third-order valence-corrected chi connectivity index (χ3v) is 3.73. The second-order valence-electron chi connectivity index (χ2n) is 4.72. The zero-order valence-corrected chi connectivity index (χ0v) is 17.4. The first-order chi connectivity index (χ1) is 10.8. The molecule has 0 spiro atoms. The summed E-state index contributed by atoms with van der Waals surface area (Å²) in [4.78, 5) is 4.58. The molecule has 0 bridgehead atoms. The molecule has 9 heteroatoms. The molecule has 7 nitrogen and oxygen atoms in total. The molecular weight excluding hydrogens is 427 g/mol. The molecule has 1 rings (SSSR count). The first-order valence-electron chi connectivity index (χ1n) is 7.68. The summed E-state index contributed by atoms with van der Waals surface area (Å²) < 4.78 is 7.12. The number of ether oxygens (including phenoxy) is 1. The summed E-state index contributed by atoms with van der Waals surface area (Å²) in [5, 5.41) is 14.6. The van der Waals surface area contributed by atoms with Crippen LogP contribution in [0.3, 0.4) is 0 Å². The number of aryl methyl sites for hydroxylation is 1. The molecule has 0 amide bonds. The highest BCUT2D eigenvalue weighted by molar-refractivity contribution is 14.0. The first kappa shape index (κ1) is 22.4. The summed E-state index contributed by atoms with van der Waals surface area (Å²) in [6.45, 7) is 5.93. The molecule has 1 aromatic heterocycles.